The number of hydrogen-bond acceptors (Lipinski definition) is 2. The summed E-state index contributed by atoms with van der Waals surface area (Å²) >= 11 is 5.45. The van der Waals surface area contributed by atoms with Crippen molar-refractivity contribution in [3.63, 3.8) is 0 Å². The molecule has 0 aromatic heterocycles. The molecule has 0 unspecified atom stereocenters. The van der Waals surface area contributed by atoms with Gasteiger partial charge in [0.15, 0.2) is 5.11 Å². The summed E-state index contributed by atoms with van der Waals surface area (Å²) in [5.74, 6) is 0. The summed E-state index contributed by atoms with van der Waals surface area (Å²) in [6.07, 6.45) is 2.57. The van der Waals surface area contributed by atoms with Gasteiger partial charge in [0.1, 0.15) is 0 Å². The maximum atomic E-state index is 5.45. The van der Waals surface area contributed by atoms with Gasteiger partial charge in [-0.05, 0) is 30.6 Å². The van der Waals surface area contributed by atoms with E-state index in [4.69, 9.17) is 12.2 Å². The minimum absolute atomic E-state index is 0.662. The van der Waals surface area contributed by atoms with Crippen molar-refractivity contribution in [2.75, 3.05) is 26.2 Å². The minimum atomic E-state index is 0.662. The first-order valence-electron chi connectivity index (χ1n) is 7.13. The lowest BCUT2D eigenvalue weighted by Gasteiger charge is -2.36. The van der Waals surface area contributed by atoms with Crippen LogP contribution in [0.15, 0.2) is 30.3 Å². The average Bonchev–Trinajstić information content (AvgIpc) is 3.25. The Morgan fingerprint density at radius 1 is 1.11 bits per heavy atom. The van der Waals surface area contributed by atoms with Crippen molar-refractivity contribution in [1.29, 1.82) is 0 Å². The molecule has 1 aromatic carbocycles. The molecule has 1 aromatic rings. The van der Waals surface area contributed by atoms with Crippen LogP contribution in [0.1, 0.15) is 18.4 Å². The molecule has 19 heavy (non-hydrogen) atoms. The van der Waals surface area contributed by atoms with Crippen molar-refractivity contribution in [3.8, 4) is 0 Å². The molecule has 0 bridgehead atoms. The van der Waals surface area contributed by atoms with Gasteiger partial charge in [-0.15, -0.1) is 0 Å². The lowest BCUT2D eigenvalue weighted by Crippen LogP contribution is -2.51. The smallest absolute Gasteiger partial charge is 0.169 e. The molecule has 1 saturated carbocycles. The van der Waals surface area contributed by atoms with E-state index in [9.17, 15) is 0 Å². The number of thiocarbonyl (C=S) groups is 1. The van der Waals surface area contributed by atoms with E-state index in [0.717, 1.165) is 37.8 Å². The largest absolute Gasteiger partial charge is 0.360 e. The lowest BCUT2D eigenvalue weighted by molar-refractivity contribution is 0.174. The van der Waals surface area contributed by atoms with Gasteiger partial charge in [0.25, 0.3) is 0 Å². The summed E-state index contributed by atoms with van der Waals surface area (Å²) in [5, 5.41) is 4.39. The van der Waals surface area contributed by atoms with Crippen LogP contribution in [-0.4, -0.2) is 47.1 Å². The SMILES string of the molecule is S=C(NC1CC1)N1CCN(Cc2ccccc2)CC1. The molecule has 0 atom stereocenters. The van der Waals surface area contributed by atoms with Gasteiger partial charge in [0.2, 0.25) is 0 Å². The second-order valence-electron chi connectivity index (χ2n) is 5.47. The van der Waals surface area contributed by atoms with Crippen LogP contribution in [0.4, 0.5) is 0 Å². The van der Waals surface area contributed by atoms with Gasteiger partial charge in [-0.3, -0.25) is 4.90 Å². The molecule has 0 radical (unpaired) electrons. The topological polar surface area (TPSA) is 18.5 Å². The number of benzene rings is 1. The molecule has 1 saturated heterocycles. The Morgan fingerprint density at radius 3 is 2.42 bits per heavy atom. The van der Waals surface area contributed by atoms with Gasteiger partial charge in [0.05, 0.1) is 0 Å². The Kier molecular flexibility index (Phi) is 3.99. The van der Waals surface area contributed by atoms with E-state index in [1.165, 1.54) is 18.4 Å². The zero-order chi connectivity index (χ0) is 13.1. The summed E-state index contributed by atoms with van der Waals surface area (Å²) in [6.45, 7) is 5.34. The maximum absolute atomic E-state index is 5.45. The molecule has 4 heteroatoms. The molecule has 3 rings (SSSR count). The van der Waals surface area contributed by atoms with E-state index < -0.39 is 0 Å². The van der Waals surface area contributed by atoms with E-state index in [2.05, 4.69) is 45.4 Å². The van der Waals surface area contributed by atoms with Crippen LogP contribution in [0.3, 0.4) is 0 Å². The Hall–Kier alpha value is -1.13. The van der Waals surface area contributed by atoms with E-state index in [1.54, 1.807) is 0 Å². The van der Waals surface area contributed by atoms with Gasteiger partial charge < -0.3 is 10.2 Å². The molecule has 3 nitrogen and oxygen atoms in total. The summed E-state index contributed by atoms with van der Waals surface area (Å²) < 4.78 is 0. The van der Waals surface area contributed by atoms with E-state index in [-0.39, 0.29) is 0 Å². The number of nitrogens with one attached hydrogen (secondary N) is 1. The third kappa shape index (κ3) is 3.67. The molecule has 1 aliphatic carbocycles. The summed E-state index contributed by atoms with van der Waals surface area (Å²) in [7, 11) is 0. The van der Waals surface area contributed by atoms with Crippen molar-refractivity contribution >= 4 is 17.3 Å². The van der Waals surface area contributed by atoms with Gasteiger partial charge in [-0.25, -0.2) is 0 Å². The highest BCUT2D eigenvalue weighted by atomic mass is 32.1. The predicted octanol–water partition coefficient (Wildman–Crippen LogP) is 1.84. The van der Waals surface area contributed by atoms with Crippen LogP contribution >= 0.6 is 12.2 Å². The number of hydrogen-bond donors (Lipinski definition) is 1. The fraction of sp³-hybridized carbons (Fsp3) is 0.533. The van der Waals surface area contributed by atoms with E-state index in [1.807, 2.05) is 0 Å². The Labute approximate surface area is 120 Å². The number of nitrogens with zero attached hydrogens (tertiary/aromatic N) is 2. The van der Waals surface area contributed by atoms with Crippen LogP contribution < -0.4 is 5.32 Å². The Balaban J connectivity index is 1.45. The highest BCUT2D eigenvalue weighted by Gasteiger charge is 2.25. The molecular weight excluding hydrogens is 254 g/mol. The maximum Gasteiger partial charge on any atom is 0.169 e. The Morgan fingerprint density at radius 2 is 1.79 bits per heavy atom. The first kappa shape index (κ1) is 12.9. The second-order valence-corrected chi connectivity index (χ2v) is 5.86. The highest BCUT2D eigenvalue weighted by molar-refractivity contribution is 7.80. The number of piperazine rings is 1. The standard InChI is InChI=1S/C15H21N3S/c19-15(16-14-6-7-14)18-10-8-17(9-11-18)12-13-4-2-1-3-5-13/h1-5,14H,6-12H2,(H,16,19). The third-order valence-electron chi connectivity index (χ3n) is 3.81. The summed E-state index contributed by atoms with van der Waals surface area (Å²) in [6, 6.07) is 11.4. The fourth-order valence-electron chi connectivity index (χ4n) is 2.44. The zero-order valence-corrected chi connectivity index (χ0v) is 12.0. The van der Waals surface area contributed by atoms with Crippen LogP contribution in [0.2, 0.25) is 0 Å². The van der Waals surface area contributed by atoms with Crippen molar-refractivity contribution in [2.24, 2.45) is 0 Å². The second kappa shape index (κ2) is 5.88. The molecule has 2 aliphatic rings. The summed E-state index contributed by atoms with van der Waals surface area (Å²) in [4.78, 5) is 4.82. The molecule has 1 aliphatic heterocycles. The summed E-state index contributed by atoms with van der Waals surface area (Å²) in [5.41, 5.74) is 1.40. The monoisotopic (exact) mass is 275 g/mol. The van der Waals surface area contributed by atoms with Crippen LogP contribution in [0.25, 0.3) is 0 Å². The molecule has 1 N–H and O–H groups in total. The van der Waals surface area contributed by atoms with E-state index >= 15 is 0 Å². The van der Waals surface area contributed by atoms with Gasteiger partial charge >= 0.3 is 0 Å². The molecular formula is C15H21N3S. The molecule has 1 heterocycles. The molecule has 102 valence electrons. The first-order valence-corrected chi connectivity index (χ1v) is 7.54. The zero-order valence-electron chi connectivity index (χ0n) is 11.2. The average molecular weight is 275 g/mol. The van der Waals surface area contributed by atoms with Crippen LogP contribution in [-0.2, 0) is 6.54 Å². The van der Waals surface area contributed by atoms with Gasteiger partial charge in [-0.2, -0.15) is 0 Å². The lowest BCUT2D eigenvalue weighted by atomic mass is 10.2. The van der Waals surface area contributed by atoms with Crippen molar-refractivity contribution in [3.05, 3.63) is 35.9 Å². The number of rotatable bonds is 3. The highest BCUT2D eigenvalue weighted by Crippen LogP contribution is 2.19. The Bertz CT molecular complexity index is 422. The minimum Gasteiger partial charge on any atom is -0.360 e. The predicted molar refractivity (Wildman–Crippen MR) is 82.0 cm³/mol. The first-order chi connectivity index (χ1) is 9.31. The fourth-order valence-corrected chi connectivity index (χ4v) is 2.79. The molecule has 0 amide bonds. The van der Waals surface area contributed by atoms with Crippen molar-refractivity contribution in [1.82, 2.24) is 15.1 Å². The van der Waals surface area contributed by atoms with Crippen LogP contribution in [0, 0.1) is 0 Å². The van der Waals surface area contributed by atoms with E-state index in [0.29, 0.717) is 6.04 Å². The third-order valence-corrected chi connectivity index (χ3v) is 4.19. The molecule has 2 fully saturated rings. The van der Waals surface area contributed by atoms with Gasteiger partial charge in [0, 0.05) is 38.8 Å². The quantitative estimate of drug-likeness (QED) is 0.848. The van der Waals surface area contributed by atoms with Crippen molar-refractivity contribution < 1.29 is 0 Å². The normalized spacial score (nSPS) is 20.3. The van der Waals surface area contributed by atoms with Gasteiger partial charge in [-0.1, -0.05) is 30.3 Å². The van der Waals surface area contributed by atoms with Crippen LogP contribution in [0.5, 0.6) is 0 Å². The molecule has 0 spiro atoms. The van der Waals surface area contributed by atoms with Crippen molar-refractivity contribution in [2.45, 2.75) is 25.4 Å².